The van der Waals surface area contributed by atoms with Gasteiger partial charge in [-0.25, -0.2) is 0 Å². The van der Waals surface area contributed by atoms with Crippen molar-refractivity contribution < 1.29 is 14.3 Å². The Morgan fingerprint density at radius 3 is 2.55 bits per heavy atom. The van der Waals surface area contributed by atoms with Crippen LogP contribution in [0.15, 0.2) is 18.2 Å². The number of nitrogens with one attached hydrogen (secondary N) is 1. The normalized spacial score (nSPS) is 15.9. The van der Waals surface area contributed by atoms with Gasteiger partial charge in [-0.1, -0.05) is 18.9 Å². The van der Waals surface area contributed by atoms with Crippen LogP contribution in [-0.4, -0.2) is 26.7 Å². The van der Waals surface area contributed by atoms with Crippen molar-refractivity contribution in [3.05, 3.63) is 23.8 Å². The Kier molecular flexibility index (Phi) is 5.26. The SMILES string of the molecule is COc1ccc(CCNC(=O)C2(C#N)CCCC2)cc1OC. The van der Waals surface area contributed by atoms with Gasteiger partial charge in [0.05, 0.1) is 20.3 Å². The van der Waals surface area contributed by atoms with Crippen LogP contribution in [0.2, 0.25) is 0 Å². The number of amides is 1. The third-order valence-corrected chi connectivity index (χ3v) is 4.25. The number of nitriles is 1. The molecule has 1 amide bonds. The first-order valence-corrected chi connectivity index (χ1v) is 7.55. The lowest BCUT2D eigenvalue weighted by Gasteiger charge is -2.19. The first-order chi connectivity index (χ1) is 10.6. The number of hydrogen-bond donors (Lipinski definition) is 1. The van der Waals surface area contributed by atoms with E-state index in [1.165, 1.54) is 0 Å². The molecule has 1 N–H and O–H groups in total. The van der Waals surface area contributed by atoms with E-state index in [4.69, 9.17) is 9.47 Å². The fraction of sp³-hybridized carbons (Fsp3) is 0.529. The molecular formula is C17H22N2O3. The highest BCUT2D eigenvalue weighted by Gasteiger charge is 2.41. The highest BCUT2D eigenvalue weighted by atomic mass is 16.5. The van der Waals surface area contributed by atoms with Crippen molar-refractivity contribution in [3.63, 3.8) is 0 Å². The van der Waals surface area contributed by atoms with E-state index in [9.17, 15) is 10.1 Å². The summed E-state index contributed by atoms with van der Waals surface area (Å²) >= 11 is 0. The Hall–Kier alpha value is -2.22. The van der Waals surface area contributed by atoms with E-state index >= 15 is 0 Å². The molecule has 0 bridgehead atoms. The van der Waals surface area contributed by atoms with E-state index < -0.39 is 5.41 Å². The summed E-state index contributed by atoms with van der Waals surface area (Å²) in [7, 11) is 3.20. The molecular weight excluding hydrogens is 280 g/mol. The van der Waals surface area contributed by atoms with Gasteiger partial charge in [0, 0.05) is 6.54 Å². The van der Waals surface area contributed by atoms with Crippen LogP contribution in [-0.2, 0) is 11.2 Å². The number of benzene rings is 1. The summed E-state index contributed by atoms with van der Waals surface area (Å²) in [6.45, 7) is 0.512. The smallest absolute Gasteiger partial charge is 0.240 e. The lowest BCUT2D eigenvalue weighted by molar-refractivity contribution is -0.127. The van der Waals surface area contributed by atoms with E-state index in [1.54, 1.807) is 14.2 Å². The summed E-state index contributed by atoms with van der Waals surface area (Å²) < 4.78 is 10.5. The Labute approximate surface area is 131 Å². The summed E-state index contributed by atoms with van der Waals surface area (Å²) in [5.74, 6) is 1.23. The van der Waals surface area contributed by atoms with E-state index in [0.717, 1.165) is 18.4 Å². The molecule has 0 saturated heterocycles. The lowest BCUT2D eigenvalue weighted by atomic mass is 9.87. The molecule has 0 unspecified atom stereocenters. The maximum absolute atomic E-state index is 12.2. The highest BCUT2D eigenvalue weighted by Crippen LogP contribution is 2.37. The third kappa shape index (κ3) is 3.33. The molecule has 1 aliphatic rings. The van der Waals surface area contributed by atoms with E-state index in [0.29, 0.717) is 37.3 Å². The fourth-order valence-electron chi connectivity index (χ4n) is 2.89. The number of nitrogens with zero attached hydrogens (tertiary/aromatic N) is 1. The molecule has 22 heavy (non-hydrogen) atoms. The third-order valence-electron chi connectivity index (χ3n) is 4.25. The van der Waals surface area contributed by atoms with Gasteiger partial charge in [0.15, 0.2) is 11.5 Å². The van der Waals surface area contributed by atoms with Crippen LogP contribution >= 0.6 is 0 Å². The molecule has 1 aromatic rings. The van der Waals surface area contributed by atoms with Crippen LogP contribution in [0, 0.1) is 16.7 Å². The van der Waals surface area contributed by atoms with Gasteiger partial charge in [0.25, 0.3) is 0 Å². The molecule has 5 heteroatoms. The van der Waals surface area contributed by atoms with Gasteiger partial charge < -0.3 is 14.8 Å². The van der Waals surface area contributed by atoms with Crippen molar-refractivity contribution in [2.24, 2.45) is 5.41 Å². The summed E-state index contributed by atoms with van der Waals surface area (Å²) in [4.78, 5) is 12.2. The number of methoxy groups -OCH3 is 2. The van der Waals surface area contributed by atoms with Crippen LogP contribution in [0.3, 0.4) is 0 Å². The van der Waals surface area contributed by atoms with Gasteiger partial charge >= 0.3 is 0 Å². The standard InChI is InChI=1S/C17H22N2O3/c1-21-14-6-5-13(11-15(14)22-2)7-10-19-16(20)17(12-18)8-3-4-9-17/h5-6,11H,3-4,7-10H2,1-2H3,(H,19,20). The summed E-state index contributed by atoms with van der Waals surface area (Å²) in [5.41, 5.74) is 0.243. The number of hydrogen-bond acceptors (Lipinski definition) is 4. The zero-order chi connectivity index (χ0) is 16.0. The fourth-order valence-corrected chi connectivity index (χ4v) is 2.89. The van der Waals surface area contributed by atoms with Gasteiger partial charge in [-0.15, -0.1) is 0 Å². The number of carbonyl (C=O) groups is 1. The monoisotopic (exact) mass is 302 g/mol. The zero-order valence-corrected chi connectivity index (χ0v) is 13.1. The van der Waals surface area contributed by atoms with Crippen molar-refractivity contribution in [3.8, 4) is 17.6 Å². The van der Waals surface area contributed by atoms with Crippen molar-refractivity contribution >= 4 is 5.91 Å². The molecule has 118 valence electrons. The summed E-state index contributed by atoms with van der Waals surface area (Å²) in [6, 6.07) is 7.91. The predicted molar refractivity (Wildman–Crippen MR) is 82.8 cm³/mol. The number of rotatable bonds is 6. The largest absolute Gasteiger partial charge is 0.493 e. The van der Waals surface area contributed by atoms with Gasteiger partial charge in [-0.05, 0) is 37.0 Å². The first-order valence-electron chi connectivity index (χ1n) is 7.55. The minimum Gasteiger partial charge on any atom is -0.493 e. The molecule has 0 aromatic heterocycles. The van der Waals surface area contributed by atoms with Crippen molar-refractivity contribution in [1.82, 2.24) is 5.32 Å². The van der Waals surface area contributed by atoms with Gasteiger partial charge in [0.2, 0.25) is 5.91 Å². The minimum atomic E-state index is -0.808. The molecule has 0 atom stereocenters. The Morgan fingerprint density at radius 2 is 1.95 bits per heavy atom. The van der Waals surface area contributed by atoms with Crippen LogP contribution < -0.4 is 14.8 Å². The first kappa shape index (κ1) is 16.2. The van der Waals surface area contributed by atoms with Crippen molar-refractivity contribution in [1.29, 1.82) is 5.26 Å². The van der Waals surface area contributed by atoms with Crippen LogP contribution in [0.1, 0.15) is 31.2 Å². The quantitative estimate of drug-likeness (QED) is 0.876. The second-order valence-electron chi connectivity index (χ2n) is 5.60. The van der Waals surface area contributed by atoms with E-state index in [-0.39, 0.29) is 5.91 Å². The summed E-state index contributed by atoms with van der Waals surface area (Å²) in [6.07, 6.45) is 3.94. The van der Waals surface area contributed by atoms with Gasteiger partial charge in [-0.3, -0.25) is 4.79 Å². The van der Waals surface area contributed by atoms with E-state index in [1.807, 2.05) is 18.2 Å². The molecule has 1 saturated carbocycles. The molecule has 5 nitrogen and oxygen atoms in total. The maximum atomic E-state index is 12.2. The van der Waals surface area contributed by atoms with Crippen LogP contribution in [0.4, 0.5) is 0 Å². The van der Waals surface area contributed by atoms with Gasteiger partial charge in [-0.2, -0.15) is 5.26 Å². The average Bonchev–Trinajstić information content (AvgIpc) is 3.04. The minimum absolute atomic E-state index is 0.132. The maximum Gasteiger partial charge on any atom is 0.240 e. The molecule has 2 rings (SSSR count). The predicted octanol–water partition coefficient (Wildman–Crippen LogP) is 2.45. The van der Waals surface area contributed by atoms with Gasteiger partial charge in [0.1, 0.15) is 5.41 Å². The van der Waals surface area contributed by atoms with Crippen LogP contribution in [0.5, 0.6) is 11.5 Å². The lowest BCUT2D eigenvalue weighted by Crippen LogP contribution is -2.39. The molecule has 1 fully saturated rings. The average molecular weight is 302 g/mol. The Bertz CT molecular complexity index is 572. The van der Waals surface area contributed by atoms with Crippen LogP contribution in [0.25, 0.3) is 0 Å². The number of ether oxygens (including phenoxy) is 2. The molecule has 1 aliphatic carbocycles. The summed E-state index contributed by atoms with van der Waals surface area (Å²) in [5, 5.41) is 12.2. The highest BCUT2D eigenvalue weighted by molar-refractivity contribution is 5.85. The molecule has 0 aliphatic heterocycles. The second-order valence-corrected chi connectivity index (χ2v) is 5.60. The number of carbonyl (C=O) groups excluding carboxylic acids is 1. The molecule has 0 radical (unpaired) electrons. The van der Waals surface area contributed by atoms with Crippen molar-refractivity contribution in [2.75, 3.05) is 20.8 Å². The molecule has 0 spiro atoms. The van der Waals surface area contributed by atoms with Crippen molar-refractivity contribution in [2.45, 2.75) is 32.1 Å². The van der Waals surface area contributed by atoms with E-state index in [2.05, 4.69) is 11.4 Å². The molecule has 1 aromatic carbocycles. The Morgan fingerprint density at radius 1 is 1.27 bits per heavy atom. The topological polar surface area (TPSA) is 71.3 Å². The zero-order valence-electron chi connectivity index (χ0n) is 13.1. The molecule has 0 heterocycles. The second kappa shape index (κ2) is 7.17. The Balaban J connectivity index is 1.91.